The molecule has 0 saturated carbocycles. The van der Waals surface area contributed by atoms with Gasteiger partial charge in [0.1, 0.15) is 16.4 Å². The minimum Gasteiger partial charge on any atom is -0.396 e. The van der Waals surface area contributed by atoms with E-state index in [2.05, 4.69) is 9.82 Å². The minimum atomic E-state index is -3.98. The van der Waals surface area contributed by atoms with Gasteiger partial charge in [-0.25, -0.2) is 12.8 Å². The van der Waals surface area contributed by atoms with Gasteiger partial charge in [0.2, 0.25) is 0 Å². The van der Waals surface area contributed by atoms with Gasteiger partial charge in [-0.05, 0) is 18.6 Å². The number of aromatic nitrogens is 2. The summed E-state index contributed by atoms with van der Waals surface area (Å²) in [6.07, 6.45) is 2.90. The Morgan fingerprint density at radius 2 is 2.19 bits per heavy atom. The first-order valence-electron chi connectivity index (χ1n) is 6.04. The number of aryl methyl sites for hydroxylation is 1. The van der Waals surface area contributed by atoms with Crippen LogP contribution in [0, 0.1) is 5.82 Å². The molecular weight excluding hydrogens is 321 g/mol. The molecule has 0 fully saturated rings. The first-order chi connectivity index (χ1) is 9.94. The number of hydrogen-bond acceptors (Lipinski definition) is 4. The summed E-state index contributed by atoms with van der Waals surface area (Å²) in [5.74, 6) is -0.765. The number of anilines is 1. The molecule has 2 rings (SSSR count). The van der Waals surface area contributed by atoms with Crippen LogP contribution in [-0.4, -0.2) is 29.9 Å². The molecule has 9 heteroatoms. The maximum Gasteiger partial charge on any atom is 0.265 e. The third-order valence-electron chi connectivity index (χ3n) is 2.66. The molecule has 0 amide bonds. The second kappa shape index (κ2) is 6.42. The molecule has 6 nitrogen and oxygen atoms in total. The maximum absolute atomic E-state index is 13.6. The molecule has 0 saturated heterocycles. The molecule has 1 aromatic carbocycles. The van der Waals surface area contributed by atoms with Crippen LogP contribution in [0.25, 0.3) is 0 Å². The molecular formula is C12H13ClFN3O3S. The lowest BCUT2D eigenvalue weighted by Gasteiger charge is -2.08. The average molecular weight is 334 g/mol. The number of benzene rings is 1. The summed E-state index contributed by atoms with van der Waals surface area (Å²) in [5, 5.41) is 12.6. The second-order valence-corrected chi connectivity index (χ2v) is 6.31. The van der Waals surface area contributed by atoms with E-state index >= 15 is 0 Å². The van der Waals surface area contributed by atoms with E-state index in [9.17, 15) is 12.8 Å². The largest absolute Gasteiger partial charge is 0.396 e. The van der Waals surface area contributed by atoms with E-state index in [0.29, 0.717) is 13.0 Å². The van der Waals surface area contributed by atoms with Crippen LogP contribution in [0.1, 0.15) is 6.42 Å². The SMILES string of the molecule is O=S(=O)(Nc1c(F)cccc1Cl)c1cnn(CCCO)c1. The van der Waals surface area contributed by atoms with Crippen LogP contribution in [0.5, 0.6) is 0 Å². The summed E-state index contributed by atoms with van der Waals surface area (Å²) in [5.41, 5.74) is -0.303. The summed E-state index contributed by atoms with van der Waals surface area (Å²) in [6.45, 7) is 0.359. The highest BCUT2D eigenvalue weighted by Gasteiger charge is 2.20. The van der Waals surface area contributed by atoms with Crippen molar-refractivity contribution in [1.29, 1.82) is 0 Å². The zero-order valence-corrected chi connectivity index (χ0v) is 12.4. The van der Waals surface area contributed by atoms with Crippen molar-refractivity contribution in [3.8, 4) is 0 Å². The van der Waals surface area contributed by atoms with Crippen molar-refractivity contribution in [2.45, 2.75) is 17.9 Å². The van der Waals surface area contributed by atoms with Crippen LogP contribution < -0.4 is 4.72 Å². The first-order valence-corrected chi connectivity index (χ1v) is 7.90. The molecule has 0 aliphatic carbocycles. The number of nitrogens with one attached hydrogen (secondary N) is 1. The zero-order valence-electron chi connectivity index (χ0n) is 10.8. The highest BCUT2D eigenvalue weighted by atomic mass is 35.5. The van der Waals surface area contributed by atoms with Gasteiger partial charge in [0, 0.05) is 19.3 Å². The number of para-hydroxylation sites is 1. The normalized spacial score (nSPS) is 11.6. The molecule has 0 aliphatic rings. The van der Waals surface area contributed by atoms with Crippen LogP contribution in [-0.2, 0) is 16.6 Å². The van der Waals surface area contributed by atoms with E-state index in [1.165, 1.54) is 23.0 Å². The average Bonchev–Trinajstić information content (AvgIpc) is 2.90. The van der Waals surface area contributed by atoms with Crippen molar-refractivity contribution in [2.75, 3.05) is 11.3 Å². The van der Waals surface area contributed by atoms with E-state index in [0.717, 1.165) is 12.3 Å². The van der Waals surface area contributed by atoms with E-state index in [1.807, 2.05) is 0 Å². The molecule has 114 valence electrons. The molecule has 1 heterocycles. The van der Waals surface area contributed by atoms with Crippen LogP contribution >= 0.6 is 11.6 Å². The maximum atomic E-state index is 13.6. The van der Waals surface area contributed by atoms with Crippen molar-refractivity contribution in [3.63, 3.8) is 0 Å². The fourth-order valence-electron chi connectivity index (χ4n) is 1.63. The van der Waals surface area contributed by atoms with Crippen LogP contribution in [0.4, 0.5) is 10.1 Å². The zero-order chi connectivity index (χ0) is 15.5. The summed E-state index contributed by atoms with van der Waals surface area (Å²) < 4.78 is 41.4. The van der Waals surface area contributed by atoms with E-state index in [4.69, 9.17) is 16.7 Å². The molecule has 0 spiro atoms. The smallest absolute Gasteiger partial charge is 0.265 e. The predicted octanol–water partition coefficient (Wildman–Crippen LogP) is 1.86. The Morgan fingerprint density at radius 3 is 2.86 bits per heavy atom. The highest BCUT2D eigenvalue weighted by molar-refractivity contribution is 7.92. The second-order valence-electron chi connectivity index (χ2n) is 4.22. The Morgan fingerprint density at radius 1 is 1.43 bits per heavy atom. The molecule has 0 aliphatic heterocycles. The Balaban J connectivity index is 2.24. The van der Waals surface area contributed by atoms with Crippen LogP contribution in [0.15, 0.2) is 35.5 Å². The monoisotopic (exact) mass is 333 g/mol. The summed E-state index contributed by atoms with van der Waals surface area (Å²) in [4.78, 5) is -0.111. The third kappa shape index (κ3) is 3.72. The third-order valence-corrected chi connectivity index (χ3v) is 4.28. The van der Waals surface area contributed by atoms with Crippen molar-refractivity contribution >= 4 is 27.3 Å². The molecule has 0 radical (unpaired) electrons. The molecule has 1 aromatic heterocycles. The van der Waals surface area contributed by atoms with Crippen molar-refractivity contribution in [2.24, 2.45) is 0 Å². The number of sulfonamides is 1. The van der Waals surface area contributed by atoms with Crippen LogP contribution in [0.3, 0.4) is 0 Å². The lowest BCUT2D eigenvalue weighted by atomic mass is 10.3. The fourth-order valence-corrected chi connectivity index (χ4v) is 2.93. The van der Waals surface area contributed by atoms with Gasteiger partial charge in [-0.3, -0.25) is 9.40 Å². The lowest BCUT2D eigenvalue weighted by molar-refractivity contribution is 0.277. The van der Waals surface area contributed by atoms with E-state index in [1.54, 1.807) is 0 Å². The number of hydrogen-bond donors (Lipinski definition) is 2. The molecule has 0 atom stereocenters. The molecule has 0 unspecified atom stereocenters. The molecule has 2 N–H and O–H groups in total. The number of rotatable bonds is 6. The number of aliphatic hydroxyl groups is 1. The standard InChI is InChI=1S/C12H13ClFN3O3S/c13-10-3-1-4-11(14)12(10)16-21(19,20)9-7-15-17(8-9)5-2-6-18/h1,3-4,7-8,16,18H,2,5-6H2. The Labute approximate surface area is 126 Å². The van der Waals surface area contributed by atoms with Crippen molar-refractivity contribution in [3.05, 3.63) is 41.4 Å². The van der Waals surface area contributed by atoms with Gasteiger partial charge in [0.25, 0.3) is 10.0 Å². The highest BCUT2D eigenvalue weighted by Crippen LogP contribution is 2.27. The number of halogens is 2. The summed E-state index contributed by atoms with van der Waals surface area (Å²) in [6, 6.07) is 3.87. The first kappa shape index (κ1) is 15.7. The minimum absolute atomic E-state index is 0.0228. The quantitative estimate of drug-likeness (QED) is 0.845. The molecule has 0 bridgehead atoms. The van der Waals surface area contributed by atoms with Gasteiger partial charge in [-0.1, -0.05) is 17.7 Å². The van der Waals surface area contributed by atoms with E-state index in [-0.39, 0.29) is 22.2 Å². The lowest BCUT2D eigenvalue weighted by Crippen LogP contribution is -2.14. The molecule has 21 heavy (non-hydrogen) atoms. The summed E-state index contributed by atoms with van der Waals surface area (Å²) in [7, 11) is -3.98. The molecule has 2 aromatic rings. The Kier molecular flexibility index (Phi) is 4.81. The Bertz CT molecular complexity index is 713. The number of nitrogens with zero attached hydrogens (tertiary/aromatic N) is 2. The van der Waals surface area contributed by atoms with Gasteiger partial charge in [0.05, 0.1) is 11.2 Å². The topological polar surface area (TPSA) is 84.2 Å². The van der Waals surface area contributed by atoms with Gasteiger partial charge in [0.15, 0.2) is 0 Å². The van der Waals surface area contributed by atoms with Crippen LogP contribution in [0.2, 0.25) is 5.02 Å². The van der Waals surface area contributed by atoms with Gasteiger partial charge in [-0.2, -0.15) is 5.10 Å². The van der Waals surface area contributed by atoms with Gasteiger partial charge >= 0.3 is 0 Å². The number of aliphatic hydroxyl groups excluding tert-OH is 1. The van der Waals surface area contributed by atoms with Gasteiger partial charge in [-0.15, -0.1) is 0 Å². The predicted molar refractivity (Wildman–Crippen MR) is 76.1 cm³/mol. The Hall–Kier alpha value is -1.64. The van der Waals surface area contributed by atoms with E-state index < -0.39 is 15.8 Å². The van der Waals surface area contributed by atoms with Crippen molar-refractivity contribution < 1.29 is 17.9 Å². The summed E-state index contributed by atoms with van der Waals surface area (Å²) >= 11 is 5.78. The van der Waals surface area contributed by atoms with Crippen molar-refractivity contribution in [1.82, 2.24) is 9.78 Å². The fraction of sp³-hybridized carbons (Fsp3) is 0.250. The van der Waals surface area contributed by atoms with Gasteiger partial charge < -0.3 is 5.11 Å².